The molecular weight excluding hydrogens is 268 g/mol. The number of aromatic amines is 1. The van der Waals surface area contributed by atoms with Gasteiger partial charge < -0.3 is 5.32 Å². The van der Waals surface area contributed by atoms with E-state index in [1.807, 2.05) is 30.3 Å². The molecule has 1 aromatic heterocycles. The number of carbonyl (C=O) groups excluding carboxylic acids is 2. The first-order valence-corrected chi connectivity index (χ1v) is 6.77. The van der Waals surface area contributed by atoms with Gasteiger partial charge in [0.15, 0.2) is 0 Å². The second-order valence-electron chi connectivity index (χ2n) is 5.10. The van der Waals surface area contributed by atoms with Crippen LogP contribution in [0, 0.1) is 0 Å². The number of carbonyl (C=O) groups is 2. The Hall–Kier alpha value is -2.47. The highest BCUT2D eigenvalue weighted by molar-refractivity contribution is 6.05. The maximum Gasteiger partial charge on any atom is 0.246 e. The van der Waals surface area contributed by atoms with Crippen molar-refractivity contribution in [2.24, 2.45) is 0 Å². The first kappa shape index (κ1) is 13.5. The van der Waals surface area contributed by atoms with E-state index in [1.54, 1.807) is 6.20 Å². The Kier molecular flexibility index (Phi) is 3.53. The smallest absolute Gasteiger partial charge is 0.246 e. The highest BCUT2D eigenvalue weighted by Gasteiger charge is 2.35. The molecule has 3 rings (SSSR count). The predicted molar refractivity (Wildman–Crippen MR) is 77.0 cm³/mol. The largest absolute Gasteiger partial charge is 0.301 e. The number of hydrogen-bond acceptors (Lipinski definition) is 4. The van der Waals surface area contributed by atoms with Gasteiger partial charge in [-0.2, -0.15) is 5.10 Å². The van der Waals surface area contributed by atoms with Crippen LogP contribution in [-0.4, -0.2) is 40.0 Å². The van der Waals surface area contributed by atoms with E-state index in [1.165, 1.54) is 11.9 Å². The van der Waals surface area contributed by atoms with Crippen LogP contribution in [0.1, 0.15) is 12.0 Å². The molecule has 2 aromatic rings. The minimum absolute atomic E-state index is 0.132. The van der Waals surface area contributed by atoms with Crippen molar-refractivity contribution in [3.05, 3.63) is 42.1 Å². The lowest BCUT2D eigenvalue weighted by atomic mass is 10.1. The summed E-state index contributed by atoms with van der Waals surface area (Å²) in [4.78, 5) is 24.4. The van der Waals surface area contributed by atoms with Crippen LogP contribution in [0.15, 0.2) is 36.5 Å². The van der Waals surface area contributed by atoms with Crippen molar-refractivity contribution in [3.8, 4) is 11.3 Å². The van der Waals surface area contributed by atoms with Gasteiger partial charge in [0.2, 0.25) is 11.8 Å². The van der Waals surface area contributed by atoms with Crippen LogP contribution < -0.4 is 5.32 Å². The lowest BCUT2D eigenvalue weighted by Gasteiger charge is -2.11. The summed E-state index contributed by atoms with van der Waals surface area (Å²) in [5.41, 5.74) is 3.09. The van der Waals surface area contributed by atoms with Crippen LogP contribution >= 0.6 is 0 Å². The van der Waals surface area contributed by atoms with Crippen molar-refractivity contribution in [1.29, 1.82) is 0 Å². The zero-order valence-corrected chi connectivity index (χ0v) is 11.7. The average molecular weight is 284 g/mol. The molecule has 2 amide bonds. The average Bonchev–Trinajstić information content (AvgIpc) is 3.11. The van der Waals surface area contributed by atoms with E-state index in [0.29, 0.717) is 6.54 Å². The normalized spacial score (nSPS) is 18.5. The summed E-state index contributed by atoms with van der Waals surface area (Å²) in [6.07, 6.45) is 1.95. The van der Waals surface area contributed by atoms with E-state index >= 15 is 0 Å². The second kappa shape index (κ2) is 5.49. The number of imide groups is 1. The van der Waals surface area contributed by atoms with Crippen LogP contribution in [0.5, 0.6) is 0 Å². The monoisotopic (exact) mass is 284 g/mol. The summed E-state index contributed by atoms with van der Waals surface area (Å²) >= 11 is 0. The van der Waals surface area contributed by atoms with E-state index in [2.05, 4.69) is 15.5 Å². The molecule has 1 atom stereocenters. The Bertz CT molecular complexity index is 649. The lowest BCUT2D eigenvalue weighted by Crippen LogP contribution is -2.36. The summed E-state index contributed by atoms with van der Waals surface area (Å²) in [5, 5.41) is 9.96. The van der Waals surface area contributed by atoms with Crippen LogP contribution in [0.3, 0.4) is 0 Å². The second-order valence-corrected chi connectivity index (χ2v) is 5.10. The molecule has 0 spiro atoms. The number of rotatable bonds is 4. The summed E-state index contributed by atoms with van der Waals surface area (Å²) in [7, 11) is 1.52. The zero-order valence-electron chi connectivity index (χ0n) is 11.7. The first-order valence-electron chi connectivity index (χ1n) is 6.77. The number of likely N-dealkylation sites (N-methyl/N-ethyl adjacent to an activating group) is 1. The number of H-pyrrole nitrogens is 1. The van der Waals surface area contributed by atoms with E-state index < -0.39 is 6.04 Å². The fourth-order valence-corrected chi connectivity index (χ4v) is 2.37. The molecule has 0 bridgehead atoms. The van der Waals surface area contributed by atoms with Gasteiger partial charge in [-0.05, 0) is 17.2 Å². The molecule has 1 fully saturated rings. The highest BCUT2D eigenvalue weighted by atomic mass is 16.2. The third kappa shape index (κ3) is 2.71. The number of hydrogen-bond donors (Lipinski definition) is 2. The minimum atomic E-state index is -0.408. The van der Waals surface area contributed by atoms with Crippen LogP contribution in [0.2, 0.25) is 0 Å². The topological polar surface area (TPSA) is 78.1 Å². The van der Waals surface area contributed by atoms with Crippen LogP contribution in [0.25, 0.3) is 11.3 Å². The molecule has 2 N–H and O–H groups in total. The van der Waals surface area contributed by atoms with Crippen LogP contribution in [0.4, 0.5) is 0 Å². The van der Waals surface area contributed by atoms with Crippen LogP contribution in [-0.2, 0) is 16.1 Å². The number of aromatic nitrogens is 2. The quantitative estimate of drug-likeness (QED) is 0.819. The first-order chi connectivity index (χ1) is 10.1. The molecule has 2 heterocycles. The standard InChI is InChI=1S/C15H16N4O2/c1-19-14(20)8-13(15(19)21)16-9-10-2-4-11(5-3-10)12-6-7-17-18-12/h2-7,13,16H,8-9H2,1H3,(H,17,18). The molecular formula is C15H16N4O2. The summed E-state index contributed by atoms with van der Waals surface area (Å²) in [5.74, 6) is -0.291. The van der Waals surface area contributed by atoms with Crippen molar-refractivity contribution in [2.45, 2.75) is 19.0 Å². The Morgan fingerprint density at radius 1 is 1.29 bits per heavy atom. The van der Waals surface area contributed by atoms with Gasteiger partial charge in [0.05, 0.1) is 18.2 Å². The Labute approximate surface area is 122 Å². The van der Waals surface area contributed by atoms with Crippen molar-refractivity contribution >= 4 is 11.8 Å². The molecule has 21 heavy (non-hydrogen) atoms. The summed E-state index contributed by atoms with van der Waals surface area (Å²) in [6.45, 7) is 0.556. The number of likely N-dealkylation sites (tertiary alicyclic amines) is 1. The fraction of sp³-hybridized carbons (Fsp3) is 0.267. The predicted octanol–water partition coefficient (Wildman–Crippen LogP) is 0.924. The molecule has 1 saturated heterocycles. The zero-order chi connectivity index (χ0) is 14.8. The van der Waals surface area contributed by atoms with E-state index in [9.17, 15) is 9.59 Å². The molecule has 6 nitrogen and oxygen atoms in total. The number of benzene rings is 1. The van der Waals surface area contributed by atoms with E-state index in [-0.39, 0.29) is 18.2 Å². The molecule has 0 radical (unpaired) electrons. The van der Waals surface area contributed by atoms with Gasteiger partial charge in [0.1, 0.15) is 0 Å². The molecule has 1 aliphatic rings. The van der Waals surface area contributed by atoms with Gasteiger partial charge in [-0.25, -0.2) is 0 Å². The van der Waals surface area contributed by atoms with Crippen molar-refractivity contribution in [3.63, 3.8) is 0 Å². The van der Waals surface area contributed by atoms with Gasteiger partial charge in [-0.1, -0.05) is 24.3 Å². The lowest BCUT2D eigenvalue weighted by molar-refractivity contribution is -0.137. The third-order valence-electron chi connectivity index (χ3n) is 3.70. The maximum atomic E-state index is 11.8. The van der Waals surface area contributed by atoms with Gasteiger partial charge in [-0.15, -0.1) is 0 Å². The van der Waals surface area contributed by atoms with Gasteiger partial charge in [0, 0.05) is 19.8 Å². The third-order valence-corrected chi connectivity index (χ3v) is 3.70. The van der Waals surface area contributed by atoms with Gasteiger partial charge in [0.25, 0.3) is 0 Å². The molecule has 0 aliphatic carbocycles. The minimum Gasteiger partial charge on any atom is -0.301 e. The number of nitrogens with zero attached hydrogens (tertiary/aromatic N) is 2. The van der Waals surface area contributed by atoms with Gasteiger partial charge >= 0.3 is 0 Å². The molecule has 6 heteroatoms. The molecule has 1 unspecified atom stereocenters. The fourth-order valence-electron chi connectivity index (χ4n) is 2.37. The molecule has 1 aromatic carbocycles. The summed E-state index contributed by atoms with van der Waals surface area (Å²) < 4.78 is 0. The number of amides is 2. The van der Waals surface area contributed by atoms with Gasteiger partial charge in [-0.3, -0.25) is 19.6 Å². The SMILES string of the molecule is CN1C(=O)CC(NCc2ccc(-c3ccn[nH]3)cc2)C1=O. The maximum absolute atomic E-state index is 11.8. The van der Waals surface area contributed by atoms with E-state index in [0.717, 1.165) is 16.8 Å². The molecule has 108 valence electrons. The molecule has 0 saturated carbocycles. The Balaban J connectivity index is 1.61. The number of nitrogens with one attached hydrogen (secondary N) is 2. The van der Waals surface area contributed by atoms with Crippen molar-refractivity contribution in [2.75, 3.05) is 7.05 Å². The Morgan fingerprint density at radius 3 is 2.62 bits per heavy atom. The summed E-state index contributed by atoms with van der Waals surface area (Å²) in [6, 6.07) is 9.49. The van der Waals surface area contributed by atoms with Crippen molar-refractivity contribution < 1.29 is 9.59 Å². The van der Waals surface area contributed by atoms with E-state index in [4.69, 9.17) is 0 Å². The molecule has 1 aliphatic heterocycles. The van der Waals surface area contributed by atoms with Crippen molar-refractivity contribution in [1.82, 2.24) is 20.4 Å². The highest BCUT2D eigenvalue weighted by Crippen LogP contribution is 2.17. The Morgan fingerprint density at radius 2 is 2.05 bits per heavy atom.